The Bertz CT molecular complexity index is 664. The first-order valence-electron chi connectivity index (χ1n) is 6.13. The molecule has 6 heteroatoms. The van der Waals surface area contributed by atoms with Crippen molar-refractivity contribution in [3.8, 4) is 0 Å². The van der Waals surface area contributed by atoms with Gasteiger partial charge in [0.1, 0.15) is 0 Å². The van der Waals surface area contributed by atoms with Crippen molar-refractivity contribution in [2.45, 2.75) is 6.92 Å². The topological polar surface area (TPSA) is 60.3 Å². The molecular formula is C14H15ClN2O3. The van der Waals surface area contributed by atoms with Crippen LogP contribution in [0.1, 0.15) is 22.1 Å². The highest BCUT2D eigenvalue weighted by Crippen LogP contribution is 2.24. The van der Waals surface area contributed by atoms with E-state index >= 15 is 0 Å². The van der Waals surface area contributed by atoms with Gasteiger partial charge in [-0.05, 0) is 12.1 Å². The van der Waals surface area contributed by atoms with Crippen LogP contribution in [-0.4, -0.2) is 36.6 Å². The van der Waals surface area contributed by atoms with E-state index in [0.29, 0.717) is 34.6 Å². The number of rotatable bonds is 4. The van der Waals surface area contributed by atoms with E-state index in [2.05, 4.69) is 5.32 Å². The predicted molar refractivity (Wildman–Crippen MR) is 77.5 cm³/mol. The van der Waals surface area contributed by atoms with Crippen LogP contribution in [0.25, 0.3) is 10.9 Å². The molecule has 2 aromatic rings. The van der Waals surface area contributed by atoms with Crippen molar-refractivity contribution in [3.05, 3.63) is 35.0 Å². The Hall–Kier alpha value is -1.85. The van der Waals surface area contributed by atoms with E-state index in [9.17, 15) is 9.59 Å². The second-order valence-electron chi connectivity index (χ2n) is 4.34. The maximum atomic E-state index is 12.1. The van der Waals surface area contributed by atoms with E-state index in [1.165, 1.54) is 17.7 Å². The predicted octanol–water partition coefficient (Wildman–Crippen LogP) is 2.33. The van der Waals surface area contributed by atoms with E-state index in [0.717, 1.165) is 0 Å². The molecule has 0 unspecified atom stereocenters. The Morgan fingerprint density at radius 1 is 1.40 bits per heavy atom. The van der Waals surface area contributed by atoms with Crippen LogP contribution in [0.4, 0.5) is 0 Å². The second kappa shape index (κ2) is 6.07. The molecule has 1 amide bonds. The largest absolute Gasteiger partial charge is 0.383 e. The number of carbonyl (C=O) groups excluding carboxylic acids is 2. The zero-order valence-corrected chi connectivity index (χ0v) is 12.0. The van der Waals surface area contributed by atoms with Crippen molar-refractivity contribution in [2.75, 3.05) is 20.3 Å². The summed E-state index contributed by atoms with van der Waals surface area (Å²) in [5.74, 6) is -0.414. The van der Waals surface area contributed by atoms with Gasteiger partial charge in [0.25, 0.3) is 5.91 Å². The molecule has 1 N–H and O–H groups in total. The van der Waals surface area contributed by atoms with Gasteiger partial charge >= 0.3 is 0 Å². The fourth-order valence-corrected chi connectivity index (χ4v) is 2.17. The second-order valence-corrected chi connectivity index (χ2v) is 4.78. The Kier molecular flexibility index (Phi) is 4.42. The maximum absolute atomic E-state index is 12.1. The third-order valence-electron chi connectivity index (χ3n) is 2.94. The van der Waals surface area contributed by atoms with Gasteiger partial charge < -0.3 is 10.1 Å². The lowest BCUT2D eigenvalue weighted by atomic mass is 10.1. The summed E-state index contributed by atoms with van der Waals surface area (Å²) in [6.07, 6.45) is 1.53. The van der Waals surface area contributed by atoms with Crippen molar-refractivity contribution in [1.29, 1.82) is 0 Å². The Labute approximate surface area is 121 Å². The standard InChI is InChI=1S/C14H15ClN2O3/c1-9(18)17-8-12(14(19)16-5-6-20-2)11-4-3-10(15)7-13(11)17/h3-4,7-8H,5-6H2,1-2H3,(H,16,19). The van der Waals surface area contributed by atoms with Gasteiger partial charge in [0.05, 0.1) is 17.7 Å². The van der Waals surface area contributed by atoms with E-state index in [1.807, 2.05) is 0 Å². The fraction of sp³-hybridized carbons (Fsp3) is 0.286. The Balaban J connectivity index is 2.43. The molecule has 0 atom stereocenters. The van der Waals surface area contributed by atoms with E-state index < -0.39 is 0 Å². The highest BCUT2D eigenvalue weighted by molar-refractivity contribution is 6.31. The Morgan fingerprint density at radius 2 is 2.15 bits per heavy atom. The molecule has 0 aliphatic rings. The minimum Gasteiger partial charge on any atom is -0.383 e. The highest BCUT2D eigenvalue weighted by Gasteiger charge is 2.16. The summed E-state index contributed by atoms with van der Waals surface area (Å²) in [5.41, 5.74) is 1.07. The zero-order chi connectivity index (χ0) is 14.7. The van der Waals surface area contributed by atoms with Crippen molar-refractivity contribution in [3.63, 3.8) is 0 Å². The quantitative estimate of drug-likeness (QED) is 0.881. The number of ether oxygens (including phenoxy) is 1. The van der Waals surface area contributed by atoms with Gasteiger partial charge in [-0.1, -0.05) is 17.7 Å². The molecule has 5 nitrogen and oxygen atoms in total. The van der Waals surface area contributed by atoms with E-state index in [-0.39, 0.29) is 11.8 Å². The first-order chi connectivity index (χ1) is 9.54. The molecule has 1 aromatic carbocycles. The summed E-state index contributed by atoms with van der Waals surface area (Å²) in [4.78, 5) is 23.8. The van der Waals surface area contributed by atoms with Crippen LogP contribution in [-0.2, 0) is 4.74 Å². The van der Waals surface area contributed by atoms with Crippen LogP contribution in [0, 0.1) is 0 Å². The third-order valence-corrected chi connectivity index (χ3v) is 3.18. The van der Waals surface area contributed by atoms with Gasteiger partial charge in [-0.15, -0.1) is 0 Å². The molecule has 0 radical (unpaired) electrons. The Morgan fingerprint density at radius 3 is 2.80 bits per heavy atom. The molecule has 0 aliphatic heterocycles. The van der Waals surface area contributed by atoms with Crippen molar-refractivity contribution < 1.29 is 14.3 Å². The van der Waals surface area contributed by atoms with Crippen LogP contribution in [0.2, 0.25) is 5.02 Å². The molecule has 106 valence electrons. The van der Waals surface area contributed by atoms with Gasteiger partial charge in [-0.25, -0.2) is 0 Å². The maximum Gasteiger partial charge on any atom is 0.253 e. The number of hydrogen-bond acceptors (Lipinski definition) is 3. The van der Waals surface area contributed by atoms with Gasteiger partial charge in [0.15, 0.2) is 0 Å². The van der Waals surface area contributed by atoms with Gasteiger partial charge in [0.2, 0.25) is 5.91 Å². The number of nitrogens with zero attached hydrogens (tertiary/aromatic N) is 1. The van der Waals surface area contributed by atoms with Crippen molar-refractivity contribution in [2.24, 2.45) is 0 Å². The molecule has 20 heavy (non-hydrogen) atoms. The molecular weight excluding hydrogens is 280 g/mol. The van der Waals surface area contributed by atoms with Crippen LogP contribution in [0.3, 0.4) is 0 Å². The summed E-state index contributed by atoms with van der Waals surface area (Å²) in [6, 6.07) is 5.10. The number of aromatic nitrogens is 1. The molecule has 1 heterocycles. The summed E-state index contributed by atoms with van der Waals surface area (Å²) < 4.78 is 6.31. The number of methoxy groups -OCH3 is 1. The number of hydrogen-bond donors (Lipinski definition) is 1. The van der Waals surface area contributed by atoms with Crippen molar-refractivity contribution in [1.82, 2.24) is 9.88 Å². The number of nitrogens with one attached hydrogen (secondary N) is 1. The number of carbonyl (C=O) groups is 2. The lowest BCUT2D eigenvalue weighted by molar-refractivity contribution is 0.0938. The number of fused-ring (bicyclic) bond motifs is 1. The first kappa shape index (κ1) is 14.6. The minimum absolute atomic E-state index is 0.173. The first-order valence-corrected chi connectivity index (χ1v) is 6.51. The molecule has 2 rings (SSSR count). The zero-order valence-electron chi connectivity index (χ0n) is 11.3. The van der Waals surface area contributed by atoms with Crippen LogP contribution in [0.15, 0.2) is 24.4 Å². The normalized spacial score (nSPS) is 10.8. The molecule has 0 saturated heterocycles. The molecule has 0 saturated carbocycles. The fourth-order valence-electron chi connectivity index (χ4n) is 2.00. The smallest absolute Gasteiger partial charge is 0.253 e. The molecule has 1 aromatic heterocycles. The summed E-state index contributed by atoms with van der Waals surface area (Å²) >= 11 is 5.94. The lowest BCUT2D eigenvalue weighted by Crippen LogP contribution is -2.26. The highest BCUT2D eigenvalue weighted by atomic mass is 35.5. The molecule has 0 bridgehead atoms. The van der Waals surface area contributed by atoms with Gasteiger partial charge in [0, 0.05) is 37.2 Å². The van der Waals surface area contributed by atoms with Gasteiger partial charge in [-0.2, -0.15) is 0 Å². The third kappa shape index (κ3) is 2.84. The van der Waals surface area contributed by atoms with E-state index in [1.54, 1.807) is 25.3 Å². The molecule has 0 spiro atoms. The van der Waals surface area contributed by atoms with Crippen molar-refractivity contribution >= 4 is 34.3 Å². The summed E-state index contributed by atoms with van der Waals surface area (Å²) in [7, 11) is 1.57. The monoisotopic (exact) mass is 294 g/mol. The minimum atomic E-state index is -0.241. The van der Waals surface area contributed by atoms with Crippen LogP contribution < -0.4 is 5.32 Å². The summed E-state index contributed by atoms with van der Waals surface area (Å²) in [6.45, 7) is 2.28. The van der Waals surface area contributed by atoms with Gasteiger partial charge in [-0.3, -0.25) is 14.2 Å². The van der Waals surface area contributed by atoms with E-state index in [4.69, 9.17) is 16.3 Å². The number of amides is 1. The number of benzene rings is 1. The molecule has 0 aliphatic carbocycles. The molecule has 0 fully saturated rings. The van der Waals surface area contributed by atoms with Crippen LogP contribution in [0.5, 0.6) is 0 Å². The number of halogens is 1. The average molecular weight is 295 g/mol. The lowest BCUT2D eigenvalue weighted by Gasteiger charge is -2.03. The average Bonchev–Trinajstić information content (AvgIpc) is 2.77. The van der Waals surface area contributed by atoms with Crippen LogP contribution >= 0.6 is 11.6 Å². The SMILES string of the molecule is COCCNC(=O)c1cn(C(C)=O)c2cc(Cl)ccc12. The summed E-state index contributed by atoms with van der Waals surface area (Å²) in [5, 5.41) is 3.95.